The molecule has 0 spiro atoms. The zero-order valence-electron chi connectivity index (χ0n) is 94.2. The van der Waals surface area contributed by atoms with Crippen LogP contribution >= 0.6 is 0 Å². The second-order valence-corrected chi connectivity index (χ2v) is 41.2. The summed E-state index contributed by atoms with van der Waals surface area (Å²) >= 11 is 0. The third-order valence-electron chi connectivity index (χ3n) is 27.8. The van der Waals surface area contributed by atoms with E-state index in [4.69, 9.17) is 42.6 Å². The number of ether oxygens (including phenoxy) is 10. The fraction of sp³-hybridized carbons (Fsp3) is 0.917. The molecular weight excluding hydrogens is 1770 g/mol. The number of carbonyl (C=O) groups excluding carboxylic acids is 10. The van der Waals surface area contributed by atoms with Gasteiger partial charge in [0.15, 0.2) is 0 Å². The minimum absolute atomic E-state index is 0.0161. The molecule has 0 heterocycles. The third-order valence-corrected chi connectivity index (χ3v) is 27.8. The Bertz CT molecular complexity index is 2740. The molecule has 0 radical (unpaired) electrons. The van der Waals surface area contributed by atoms with Gasteiger partial charge in [-0.05, 0) is 180 Å². The van der Waals surface area contributed by atoms with Gasteiger partial charge in [0.2, 0.25) is 0 Å². The lowest BCUT2D eigenvalue weighted by atomic mass is 10.0. The molecule has 832 valence electrons. The first-order chi connectivity index (χ1) is 68.8. The number of carbonyl (C=O) groups is 10. The van der Waals surface area contributed by atoms with Crippen LogP contribution in [0.5, 0.6) is 0 Å². The average Bonchev–Trinajstić information content (AvgIpc) is 0.971. The van der Waals surface area contributed by atoms with Crippen molar-refractivity contribution in [2.75, 3.05) is 35.5 Å². The summed E-state index contributed by atoms with van der Waals surface area (Å²) in [7, 11) is 7.20. The van der Waals surface area contributed by atoms with E-state index in [9.17, 15) is 47.9 Å². The SMILES string of the molecule is CCCCCCCCCC(=O)OC(CCCCCCCC)CCCCCCCCC(=O)OC.CCCCCCCCCC(CCCCCCCC(=O)OC)OC(=O)CCC(=O)OC(CCCCCCCC)CCCCCCCCC(=O)OC.CCCCCCCCCC(CCCCCCCC(=O)OC)OC(=O)CCCCCCCCCCC(=O)OC(CCCCCCCC)CCCCCCCCC(=O)OC. The summed E-state index contributed by atoms with van der Waals surface area (Å²) in [5, 5.41) is 0. The van der Waals surface area contributed by atoms with Crippen molar-refractivity contribution in [1.29, 1.82) is 0 Å². The third kappa shape index (κ3) is 110. The lowest BCUT2D eigenvalue weighted by Crippen LogP contribution is -2.21. The number of methoxy groups -OCH3 is 5. The Hall–Kier alpha value is -5.30. The highest BCUT2D eigenvalue weighted by Crippen LogP contribution is 2.27. The molecule has 0 bridgehead atoms. The highest BCUT2D eigenvalue weighted by Gasteiger charge is 2.23. The van der Waals surface area contributed by atoms with Gasteiger partial charge in [-0.2, -0.15) is 0 Å². The fourth-order valence-corrected chi connectivity index (χ4v) is 18.6. The quantitative estimate of drug-likeness (QED) is 0.0311. The van der Waals surface area contributed by atoms with Gasteiger partial charge in [0, 0.05) is 51.4 Å². The predicted octanol–water partition coefficient (Wildman–Crippen LogP) is 35.6. The summed E-state index contributed by atoms with van der Waals surface area (Å²) in [6, 6.07) is 0. The molecule has 5 unspecified atom stereocenters. The Morgan fingerprint density at radius 1 is 0.121 bits per heavy atom. The van der Waals surface area contributed by atoms with Gasteiger partial charge in [0.25, 0.3) is 0 Å². The van der Waals surface area contributed by atoms with Gasteiger partial charge in [-0.15, -0.1) is 0 Å². The molecule has 0 N–H and O–H groups in total. The van der Waals surface area contributed by atoms with Crippen molar-refractivity contribution in [3.63, 3.8) is 0 Å². The molecule has 141 heavy (non-hydrogen) atoms. The Balaban J connectivity index is -0.00000210. The van der Waals surface area contributed by atoms with Crippen molar-refractivity contribution in [2.45, 2.75) is 682 Å². The van der Waals surface area contributed by atoms with E-state index in [-0.39, 0.29) is 103 Å². The molecule has 20 heteroatoms. The van der Waals surface area contributed by atoms with E-state index in [1.54, 1.807) is 0 Å². The number of hydrogen-bond acceptors (Lipinski definition) is 20. The fourth-order valence-electron chi connectivity index (χ4n) is 18.6. The molecule has 20 nitrogen and oxygen atoms in total. The second-order valence-electron chi connectivity index (χ2n) is 41.2. The highest BCUT2D eigenvalue weighted by atomic mass is 16.6. The monoisotopic (exact) mass is 2000 g/mol. The molecule has 0 aromatic heterocycles. The van der Waals surface area contributed by atoms with Gasteiger partial charge in [0.1, 0.15) is 30.5 Å². The number of unbranched alkanes of at least 4 members (excludes halogenated alkanes) is 63. The van der Waals surface area contributed by atoms with Crippen LogP contribution in [0.25, 0.3) is 0 Å². The van der Waals surface area contributed by atoms with E-state index < -0.39 is 0 Å². The Labute approximate surface area is 867 Å². The van der Waals surface area contributed by atoms with E-state index in [1.807, 2.05) is 0 Å². The van der Waals surface area contributed by atoms with Crippen molar-refractivity contribution in [2.24, 2.45) is 0 Å². The van der Waals surface area contributed by atoms with Gasteiger partial charge in [-0.1, -0.05) is 408 Å². The Kier molecular flexibility index (Phi) is 114. The maximum absolute atomic E-state index is 12.9. The standard InChI is InChI=1S/C50H94O8.C42H78O8.C29H56O4/c1-5-7-9-11-15-22-30-38-46(40-32-24-20-28-34-42-48(52)56-4)58-50(54)44-36-27-17-14-13-16-26-35-43-49(53)57-45(37-29-21-12-10-8-6-2)39-31-23-18-19-25-33-41-47(51)55-3;1-5-7-9-11-13-18-24-30-38(32-26-20-16-22-28-34-40(44)48-4)50-42(46)36-35-41(45)49-37(29-23-17-12-10-8-6-2)31-25-19-14-15-21-27-33-39(43)47-3;1-4-6-8-10-12-18-22-26-29(31)33-27(23-19-15-11-9-7-5-2)24-20-16-13-14-17-21-25-28(30)32-3/h45-46H,5-44H2,1-4H3;37-38H,5-36H2,1-4H3;27H,4-26H2,1-3H3. The summed E-state index contributed by atoms with van der Waals surface area (Å²) in [6.45, 7) is 13.4. The van der Waals surface area contributed by atoms with Crippen LogP contribution in [0, 0.1) is 0 Å². The van der Waals surface area contributed by atoms with Crippen LogP contribution < -0.4 is 0 Å². The number of hydrogen-bond donors (Lipinski definition) is 0. The van der Waals surface area contributed by atoms with Gasteiger partial charge in [-0.25, -0.2) is 0 Å². The Morgan fingerprint density at radius 2 is 0.213 bits per heavy atom. The lowest BCUT2D eigenvalue weighted by molar-refractivity contribution is -0.156. The summed E-state index contributed by atoms with van der Waals surface area (Å²) in [6.07, 6.45) is 100.0. The zero-order chi connectivity index (χ0) is 104. The summed E-state index contributed by atoms with van der Waals surface area (Å²) in [4.78, 5) is 120. The lowest BCUT2D eigenvalue weighted by Gasteiger charge is -2.19. The van der Waals surface area contributed by atoms with E-state index in [1.165, 1.54) is 260 Å². The second kappa shape index (κ2) is 115. The minimum Gasteiger partial charge on any atom is -0.469 e. The zero-order valence-corrected chi connectivity index (χ0v) is 94.2. The minimum atomic E-state index is -0.298. The van der Waals surface area contributed by atoms with E-state index in [0.717, 1.165) is 321 Å². The smallest absolute Gasteiger partial charge is 0.306 e. The van der Waals surface area contributed by atoms with Crippen molar-refractivity contribution >= 4 is 59.7 Å². The van der Waals surface area contributed by atoms with Crippen molar-refractivity contribution < 1.29 is 95.3 Å². The molecule has 0 aliphatic rings. The topological polar surface area (TPSA) is 263 Å². The van der Waals surface area contributed by atoms with E-state index in [0.29, 0.717) is 51.4 Å². The average molecular weight is 2000 g/mol. The van der Waals surface area contributed by atoms with Crippen molar-refractivity contribution in [3.05, 3.63) is 0 Å². The van der Waals surface area contributed by atoms with Crippen LogP contribution in [-0.4, -0.2) is 126 Å². The molecule has 5 atom stereocenters. The molecule has 0 fully saturated rings. The maximum Gasteiger partial charge on any atom is 0.306 e. The molecular formula is C121H228O20. The van der Waals surface area contributed by atoms with Crippen LogP contribution in [0.3, 0.4) is 0 Å². The highest BCUT2D eigenvalue weighted by molar-refractivity contribution is 5.78. The van der Waals surface area contributed by atoms with Gasteiger partial charge in [-0.3, -0.25) is 47.9 Å². The van der Waals surface area contributed by atoms with E-state index >= 15 is 0 Å². The summed E-state index contributed by atoms with van der Waals surface area (Å²) < 4.78 is 53.4. The molecule has 0 aromatic carbocycles. The van der Waals surface area contributed by atoms with Gasteiger partial charge >= 0.3 is 59.7 Å². The van der Waals surface area contributed by atoms with Gasteiger partial charge < -0.3 is 47.4 Å². The van der Waals surface area contributed by atoms with Crippen LogP contribution in [0.1, 0.15) is 652 Å². The molecule has 0 rings (SSSR count). The Morgan fingerprint density at radius 3 is 0.326 bits per heavy atom. The summed E-state index contributed by atoms with van der Waals surface area (Å²) in [5.41, 5.74) is 0. The van der Waals surface area contributed by atoms with Crippen molar-refractivity contribution in [3.8, 4) is 0 Å². The molecule has 0 saturated heterocycles. The largest absolute Gasteiger partial charge is 0.469 e. The number of esters is 10. The maximum atomic E-state index is 12.9. The molecule has 0 aromatic rings. The van der Waals surface area contributed by atoms with E-state index in [2.05, 4.69) is 46.3 Å². The first-order valence-corrected chi connectivity index (χ1v) is 60.2. The van der Waals surface area contributed by atoms with Crippen LogP contribution in [0.4, 0.5) is 0 Å². The first-order valence-electron chi connectivity index (χ1n) is 60.2. The molecule has 0 amide bonds. The molecule has 0 aliphatic heterocycles. The molecule has 0 aliphatic carbocycles. The molecule has 0 saturated carbocycles. The van der Waals surface area contributed by atoms with Crippen LogP contribution in [0.2, 0.25) is 0 Å². The number of rotatable bonds is 107. The first kappa shape index (κ1) is 140. The van der Waals surface area contributed by atoms with Crippen molar-refractivity contribution in [1.82, 2.24) is 0 Å². The van der Waals surface area contributed by atoms with Gasteiger partial charge in [0.05, 0.1) is 48.4 Å². The van der Waals surface area contributed by atoms with Crippen LogP contribution in [-0.2, 0) is 95.3 Å². The normalized spacial score (nSPS) is 12.2. The summed E-state index contributed by atoms with van der Waals surface area (Å²) in [5.74, 6) is -1.28. The predicted molar refractivity (Wildman–Crippen MR) is 582 cm³/mol. The van der Waals surface area contributed by atoms with Crippen LogP contribution in [0.15, 0.2) is 0 Å².